The van der Waals surface area contributed by atoms with Crippen molar-refractivity contribution in [3.63, 3.8) is 0 Å². The molecule has 4 heteroatoms. The molecule has 1 aliphatic carbocycles. The van der Waals surface area contributed by atoms with Crippen LogP contribution in [-0.4, -0.2) is 31.4 Å². The summed E-state index contributed by atoms with van der Waals surface area (Å²) in [4.78, 5) is 13.1. The molecule has 1 unspecified atom stereocenters. The highest BCUT2D eigenvalue weighted by Gasteiger charge is 2.21. The maximum absolute atomic E-state index is 11.5. The minimum Gasteiger partial charge on any atom is -0.349 e. The van der Waals surface area contributed by atoms with Gasteiger partial charge in [-0.1, -0.05) is 22.0 Å². The molecule has 0 aliphatic heterocycles. The summed E-state index contributed by atoms with van der Waals surface area (Å²) in [5.74, 6) is 0.177. The summed E-state index contributed by atoms with van der Waals surface area (Å²) in [6.45, 7) is 0.747. The van der Waals surface area contributed by atoms with E-state index >= 15 is 0 Å². The second-order valence-corrected chi connectivity index (χ2v) is 5.84. The number of amides is 1. The normalized spacial score (nSPS) is 17.6. The summed E-state index contributed by atoms with van der Waals surface area (Å²) >= 11 is 3.50. The van der Waals surface area contributed by atoms with E-state index in [0.29, 0.717) is 12.5 Å². The number of carbonyl (C=O) groups excluding carboxylic acids is 1. The number of aryl methyl sites for hydroxylation is 1. The molecule has 0 bridgehead atoms. The highest BCUT2D eigenvalue weighted by molar-refractivity contribution is 9.10. The number of nitrogens with zero attached hydrogens (tertiary/aromatic N) is 1. The molecular weight excluding hydrogens is 292 g/mol. The average Bonchev–Trinajstić information content (AvgIpc) is 2.71. The highest BCUT2D eigenvalue weighted by atomic mass is 79.9. The van der Waals surface area contributed by atoms with Crippen molar-refractivity contribution in [2.24, 2.45) is 0 Å². The van der Waals surface area contributed by atoms with Crippen molar-refractivity contribution in [1.82, 2.24) is 10.2 Å². The van der Waals surface area contributed by atoms with Crippen molar-refractivity contribution < 1.29 is 4.79 Å². The van der Waals surface area contributed by atoms with Gasteiger partial charge in [0.25, 0.3) is 0 Å². The number of carbonyl (C=O) groups is 1. The Morgan fingerprint density at radius 3 is 3.00 bits per heavy atom. The van der Waals surface area contributed by atoms with Gasteiger partial charge < -0.3 is 10.2 Å². The standard InChI is InChI=1S/C14H19BrN2O/c1-17(2)14(18)7-8-16-13-6-3-10-9-11(15)4-5-12(10)13/h4-5,9,13,16H,3,6-8H2,1-2H3. The van der Waals surface area contributed by atoms with E-state index < -0.39 is 0 Å². The van der Waals surface area contributed by atoms with E-state index in [9.17, 15) is 4.79 Å². The first kappa shape index (κ1) is 13.6. The molecule has 1 aromatic rings. The lowest BCUT2D eigenvalue weighted by atomic mass is 10.1. The Kier molecular flexibility index (Phi) is 4.40. The summed E-state index contributed by atoms with van der Waals surface area (Å²) < 4.78 is 1.14. The van der Waals surface area contributed by atoms with E-state index in [-0.39, 0.29) is 5.91 Å². The molecule has 0 saturated carbocycles. The minimum atomic E-state index is 0.177. The Balaban J connectivity index is 1.88. The quantitative estimate of drug-likeness (QED) is 0.926. The van der Waals surface area contributed by atoms with Crippen LogP contribution in [0.3, 0.4) is 0 Å². The smallest absolute Gasteiger partial charge is 0.223 e. The van der Waals surface area contributed by atoms with Crippen LogP contribution < -0.4 is 5.32 Å². The van der Waals surface area contributed by atoms with Gasteiger partial charge in [0.2, 0.25) is 5.91 Å². The topological polar surface area (TPSA) is 32.3 Å². The number of nitrogens with one attached hydrogen (secondary N) is 1. The zero-order valence-corrected chi connectivity index (χ0v) is 12.5. The summed E-state index contributed by atoms with van der Waals surface area (Å²) in [5, 5.41) is 3.48. The second-order valence-electron chi connectivity index (χ2n) is 4.93. The van der Waals surface area contributed by atoms with E-state index in [4.69, 9.17) is 0 Å². The summed E-state index contributed by atoms with van der Waals surface area (Å²) in [6.07, 6.45) is 2.81. The molecule has 2 rings (SSSR count). The fraction of sp³-hybridized carbons (Fsp3) is 0.500. The Morgan fingerprint density at radius 1 is 1.50 bits per heavy atom. The molecule has 0 saturated heterocycles. The molecule has 0 aromatic heterocycles. The minimum absolute atomic E-state index is 0.177. The number of benzene rings is 1. The zero-order chi connectivity index (χ0) is 13.1. The van der Waals surface area contributed by atoms with Gasteiger partial charge in [0.15, 0.2) is 0 Å². The van der Waals surface area contributed by atoms with Crippen LogP contribution in [0.5, 0.6) is 0 Å². The molecule has 1 atom stereocenters. The van der Waals surface area contributed by atoms with Crippen molar-refractivity contribution >= 4 is 21.8 Å². The SMILES string of the molecule is CN(C)C(=O)CCNC1CCc2cc(Br)ccc21. The summed E-state index contributed by atoms with van der Waals surface area (Å²) in [5.41, 5.74) is 2.80. The van der Waals surface area contributed by atoms with Gasteiger partial charge >= 0.3 is 0 Å². The van der Waals surface area contributed by atoms with E-state index in [2.05, 4.69) is 39.4 Å². The van der Waals surface area contributed by atoms with Gasteiger partial charge in [-0.15, -0.1) is 0 Å². The molecule has 1 amide bonds. The average molecular weight is 311 g/mol. The molecule has 1 aromatic carbocycles. The van der Waals surface area contributed by atoms with Gasteiger partial charge in [0, 0.05) is 37.6 Å². The third-order valence-electron chi connectivity index (χ3n) is 3.41. The van der Waals surface area contributed by atoms with Crippen LogP contribution in [0.1, 0.15) is 30.0 Å². The van der Waals surface area contributed by atoms with Gasteiger partial charge in [-0.3, -0.25) is 4.79 Å². The van der Waals surface area contributed by atoms with Crippen LogP contribution in [0.15, 0.2) is 22.7 Å². The monoisotopic (exact) mass is 310 g/mol. The molecule has 18 heavy (non-hydrogen) atoms. The van der Waals surface area contributed by atoms with Crippen molar-refractivity contribution in [1.29, 1.82) is 0 Å². The maximum atomic E-state index is 11.5. The van der Waals surface area contributed by atoms with E-state index in [1.165, 1.54) is 11.1 Å². The molecule has 1 aliphatic rings. The molecule has 0 radical (unpaired) electrons. The van der Waals surface area contributed by atoms with Gasteiger partial charge in [-0.25, -0.2) is 0 Å². The first-order valence-corrected chi connectivity index (χ1v) is 7.09. The fourth-order valence-electron chi connectivity index (χ4n) is 2.38. The molecule has 0 spiro atoms. The predicted molar refractivity (Wildman–Crippen MR) is 76.5 cm³/mol. The highest BCUT2D eigenvalue weighted by Crippen LogP contribution is 2.32. The molecule has 98 valence electrons. The van der Waals surface area contributed by atoms with Gasteiger partial charge in [0.1, 0.15) is 0 Å². The van der Waals surface area contributed by atoms with Gasteiger partial charge in [-0.05, 0) is 36.1 Å². The largest absolute Gasteiger partial charge is 0.349 e. The number of hydrogen-bond donors (Lipinski definition) is 1. The third-order valence-corrected chi connectivity index (χ3v) is 3.90. The molecule has 0 fully saturated rings. The second kappa shape index (κ2) is 5.85. The summed E-state index contributed by atoms with van der Waals surface area (Å²) in [7, 11) is 3.59. The molecule has 1 N–H and O–H groups in total. The number of rotatable bonds is 4. The lowest BCUT2D eigenvalue weighted by Crippen LogP contribution is -2.28. The Morgan fingerprint density at radius 2 is 2.28 bits per heavy atom. The van der Waals surface area contributed by atoms with Crippen LogP contribution in [0, 0.1) is 0 Å². The Labute approximate surface area is 117 Å². The predicted octanol–water partition coefficient (Wildman–Crippen LogP) is 2.50. The number of hydrogen-bond acceptors (Lipinski definition) is 2. The first-order valence-electron chi connectivity index (χ1n) is 6.30. The van der Waals surface area contributed by atoms with E-state index in [1.807, 2.05) is 0 Å². The van der Waals surface area contributed by atoms with E-state index in [0.717, 1.165) is 23.9 Å². The van der Waals surface area contributed by atoms with Crippen LogP contribution in [0.2, 0.25) is 0 Å². The Hall–Kier alpha value is -0.870. The first-order chi connectivity index (χ1) is 8.58. The maximum Gasteiger partial charge on any atom is 0.223 e. The van der Waals surface area contributed by atoms with Crippen LogP contribution in [0.4, 0.5) is 0 Å². The molecule has 0 heterocycles. The lowest BCUT2D eigenvalue weighted by Gasteiger charge is -2.15. The van der Waals surface area contributed by atoms with Crippen molar-refractivity contribution in [3.8, 4) is 0 Å². The molecule has 3 nitrogen and oxygen atoms in total. The van der Waals surface area contributed by atoms with Gasteiger partial charge in [0.05, 0.1) is 0 Å². The lowest BCUT2D eigenvalue weighted by molar-refractivity contribution is -0.128. The fourth-order valence-corrected chi connectivity index (χ4v) is 2.78. The molecular formula is C14H19BrN2O. The summed E-state index contributed by atoms with van der Waals surface area (Å²) in [6, 6.07) is 6.87. The van der Waals surface area contributed by atoms with Crippen LogP contribution in [-0.2, 0) is 11.2 Å². The van der Waals surface area contributed by atoms with Crippen molar-refractivity contribution in [2.75, 3.05) is 20.6 Å². The van der Waals surface area contributed by atoms with Gasteiger partial charge in [-0.2, -0.15) is 0 Å². The van der Waals surface area contributed by atoms with Crippen LogP contribution >= 0.6 is 15.9 Å². The number of fused-ring (bicyclic) bond motifs is 1. The van der Waals surface area contributed by atoms with Crippen molar-refractivity contribution in [3.05, 3.63) is 33.8 Å². The third kappa shape index (κ3) is 3.12. The number of halogens is 1. The van der Waals surface area contributed by atoms with Crippen LogP contribution in [0.25, 0.3) is 0 Å². The van der Waals surface area contributed by atoms with E-state index in [1.54, 1.807) is 19.0 Å². The van der Waals surface area contributed by atoms with Crippen molar-refractivity contribution in [2.45, 2.75) is 25.3 Å². The zero-order valence-electron chi connectivity index (χ0n) is 10.9. The Bertz CT molecular complexity index is 445.